The zero-order valence-corrected chi connectivity index (χ0v) is 14.6. The highest BCUT2D eigenvalue weighted by Gasteiger charge is 2.47. The molecule has 0 spiro atoms. The van der Waals surface area contributed by atoms with E-state index in [1.165, 1.54) is 17.6 Å². The molecule has 1 aliphatic carbocycles. The highest BCUT2D eigenvalue weighted by atomic mass is 32.1. The van der Waals surface area contributed by atoms with Crippen LogP contribution in [-0.4, -0.2) is 39.0 Å². The number of fused-ring (bicyclic) bond motifs is 1. The molecule has 2 aromatic heterocycles. The molecule has 25 heavy (non-hydrogen) atoms. The summed E-state index contributed by atoms with van der Waals surface area (Å²) in [7, 11) is 0. The Morgan fingerprint density at radius 3 is 2.96 bits per heavy atom. The van der Waals surface area contributed by atoms with Crippen molar-refractivity contribution in [3.63, 3.8) is 0 Å². The van der Waals surface area contributed by atoms with Crippen LogP contribution in [-0.2, 0) is 16.0 Å². The maximum absolute atomic E-state index is 12.9. The summed E-state index contributed by atoms with van der Waals surface area (Å²) < 4.78 is 5.47. The van der Waals surface area contributed by atoms with Gasteiger partial charge in [0.25, 0.3) is 0 Å². The lowest BCUT2D eigenvalue weighted by Crippen LogP contribution is -2.46. The van der Waals surface area contributed by atoms with E-state index in [-0.39, 0.29) is 18.4 Å². The lowest BCUT2D eigenvalue weighted by Gasteiger charge is -2.32. The second-order valence-corrected chi connectivity index (χ2v) is 7.75. The Labute approximate surface area is 149 Å². The lowest BCUT2D eigenvalue weighted by molar-refractivity contribution is -0.149. The van der Waals surface area contributed by atoms with Gasteiger partial charge in [0.2, 0.25) is 11.8 Å². The summed E-state index contributed by atoms with van der Waals surface area (Å²) in [4.78, 5) is 31.4. The second kappa shape index (κ2) is 6.63. The van der Waals surface area contributed by atoms with Gasteiger partial charge < -0.3 is 14.4 Å². The molecule has 3 heterocycles. The third-order valence-corrected chi connectivity index (χ3v) is 6.13. The Morgan fingerprint density at radius 2 is 2.20 bits per heavy atom. The van der Waals surface area contributed by atoms with E-state index in [1.54, 1.807) is 4.90 Å². The van der Waals surface area contributed by atoms with Crippen LogP contribution >= 0.6 is 11.3 Å². The van der Waals surface area contributed by atoms with Gasteiger partial charge in [0.15, 0.2) is 0 Å². The summed E-state index contributed by atoms with van der Waals surface area (Å²) in [6.45, 7) is 0. The molecule has 132 valence electrons. The number of carboxylic acids is 1. The van der Waals surface area contributed by atoms with Crippen LogP contribution in [0.3, 0.4) is 0 Å². The third-order valence-electron chi connectivity index (χ3n) is 5.28. The summed E-state index contributed by atoms with van der Waals surface area (Å²) in [5.74, 6) is -0.239. The summed E-state index contributed by atoms with van der Waals surface area (Å²) in [6.07, 6.45) is 6.26. The van der Waals surface area contributed by atoms with E-state index in [0.717, 1.165) is 30.6 Å². The summed E-state index contributed by atoms with van der Waals surface area (Å²) >= 11 is 1.52. The van der Waals surface area contributed by atoms with Crippen LogP contribution in [0.25, 0.3) is 10.8 Å². The number of hydrogen-bond donors (Lipinski definition) is 1. The number of carbonyl (C=O) groups is 2. The fourth-order valence-electron chi connectivity index (χ4n) is 4.19. The number of aliphatic carboxylic acids is 1. The molecule has 2 fully saturated rings. The Morgan fingerprint density at radius 1 is 1.36 bits per heavy atom. The Bertz CT molecular complexity index is 770. The number of hydrogen-bond acceptors (Lipinski definition) is 5. The molecule has 2 aromatic rings. The zero-order chi connectivity index (χ0) is 17.4. The van der Waals surface area contributed by atoms with Crippen LogP contribution in [0.15, 0.2) is 28.2 Å². The van der Waals surface area contributed by atoms with E-state index < -0.39 is 12.0 Å². The minimum atomic E-state index is -0.901. The molecular formula is C18H20N2O4S. The Kier molecular flexibility index (Phi) is 4.33. The maximum Gasteiger partial charge on any atom is 0.326 e. The molecule has 1 amide bonds. The molecule has 2 aliphatic rings. The molecule has 1 saturated heterocycles. The van der Waals surface area contributed by atoms with E-state index in [1.807, 2.05) is 17.5 Å². The monoisotopic (exact) mass is 360 g/mol. The largest absolute Gasteiger partial charge is 0.480 e. The van der Waals surface area contributed by atoms with Crippen molar-refractivity contribution in [3.05, 3.63) is 29.5 Å². The Balaban J connectivity index is 1.52. The number of carbonyl (C=O) groups excluding carboxylic acids is 1. The minimum absolute atomic E-state index is 0.0611. The fourth-order valence-corrected chi connectivity index (χ4v) is 4.84. The number of oxazole rings is 1. The van der Waals surface area contributed by atoms with Gasteiger partial charge in [0, 0.05) is 6.04 Å². The molecule has 6 nitrogen and oxygen atoms in total. The van der Waals surface area contributed by atoms with Gasteiger partial charge in [-0.1, -0.05) is 18.9 Å². The van der Waals surface area contributed by atoms with Gasteiger partial charge in [0.1, 0.15) is 12.3 Å². The van der Waals surface area contributed by atoms with Crippen molar-refractivity contribution >= 4 is 23.2 Å². The van der Waals surface area contributed by atoms with Crippen molar-refractivity contribution in [2.45, 2.75) is 50.6 Å². The van der Waals surface area contributed by atoms with E-state index in [2.05, 4.69) is 4.98 Å². The first-order chi connectivity index (χ1) is 12.1. The van der Waals surface area contributed by atoms with Crippen molar-refractivity contribution in [1.82, 2.24) is 9.88 Å². The van der Waals surface area contributed by atoms with Gasteiger partial charge >= 0.3 is 5.97 Å². The number of aromatic nitrogens is 1. The molecule has 3 atom stereocenters. The average molecular weight is 360 g/mol. The van der Waals surface area contributed by atoms with E-state index in [9.17, 15) is 14.7 Å². The number of amides is 1. The third kappa shape index (κ3) is 3.08. The number of thiophene rings is 1. The van der Waals surface area contributed by atoms with Crippen molar-refractivity contribution in [2.75, 3.05) is 0 Å². The SMILES string of the molecule is O=C(O)[C@@H]1C[C@@H]2CCCC[C@@H]2N1C(=O)Cc1coc(-c2cccs2)n1. The molecule has 4 rings (SSSR count). The summed E-state index contributed by atoms with van der Waals surface area (Å²) in [6, 6.07) is 3.19. The van der Waals surface area contributed by atoms with Crippen LogP contribution in [0, 0.1) is 5.92 Å². The molecule has 0 bridgehead atoms. The first-order valence-corrected chi connectivity index (χ1v) is 9.53. The van der Waals surface area contributed by atoms with Gasteiger partial charge in [-0.15, -0.1) is 11.3 Å². The maximum atomic E-state index is 12.9. The van der Waals surface area contributed by atoms with E-state index in [4.69, 9.17) is 4.42 Å². The number of nitrogens with zero attached hydrogens (tertiary/aromatic N) is 2. The molecule has 0 aromatic carbocycles. The van der Waals surface area contributed by atoms with Crippen molar-refractivity contribution in [3.8, 4) is 10.8 Å². The van der Waals surface area contributed by atoms with Gasteiger partial charge in [-0.05, 0) is 36.6 Å². The molecule has 1 saturated carbocycles. The zero-order valence-electron chi connectivity index (χ0n) is 13.8. The highest BCUT2D eigenvalue weighted by Crippen LogP contribution is 2.40. The van der Waals surface area contributed by atoms with Crippen LogP contribution in [0.1, 0.15) is 37.8 Å². The van der Waals surface area contributed by atoms with Crippen LogP contribution < -0.4 is 0 Å². The highest BCUT2D eigenvalue weighted by molar-refractivity contribution is 7.13. The molecule has 0 unspecified atom stereocenters. The van der Waals surface area contributed by atoms with E-state index >= 15 is 0 Å². The van der Waals surface area contributed by atoms with Crippen LogP contribution in [0.5, 0.6) is 0 Å². The van der Waals surface area contributed by atoms with Gasteiger partial charge in [-0.2, -0.15) is 0 Å². The Hall–Kier alpha value is -2.15. The van der Waals surface area contributed by atoms with Crippen LogP contribution in [0.2, 0.25) is 0 Å². The standard InChI is InChI=1S/C18H20N2O4S/c21-16(9-12-10-24-17(19-12)15-6-3-7-25-15)20-13-5-2-1-4-11(13)8-14(20)18(22)23/h3,6-7,10-11,13-14H,1-2,4-5,8-9H2,(H,22,23)/t11-,13-,14-/m0/s1. The lowest BCUT2D eigenvalue weighted by atomic mass is 9.84. The normalized spacial score (nSPS) is 25.8. The fraction of sp³-hybridized carbons (Fsp3) is 0.500. The van der Waals surface area contributed by atoms with Gasteiger partial charge in [-0.25, -0.2) is 9.78 Å². The van der Waals surface area contributed by atoms with E-state index in [0.29, 0.717) is 23.9 Å². The van der Waals surface area contributed by atoms with Crippen molar-refractivity contribution in [2.24, 2.45) is 5.92 Å². The van der Waals surface area contributed by atoms with Gasteiger partial charge in [-0.3, -0.25) is 4.79 Å². The van der Waals surface area contributed by atoms with Crippen LogP contribution in [0.4, 0.5) is 0 Å². The average Bonchev–Trinajstić information content (AvgIpc) is 3.33. The predicted molar refractivity (Wildman–Crippen MR) is 92.2 cm³/mol. The second-order valence-electron chi connectivity index (χ2n) is 6.80. The molecule has 7 heteroatoms. The molecule has 1 aliphatic heterocycles. The first kappa shape index (κ1) is 16.3. The molecule has 0 radical (unpaired) electrons. The number of rotatable bonds is 4. The molecular weight excluding hydrogens is 340 g/mol. The van der Waals surface area contributed by atoms with Crippen molar-refractivity contribution < 1.29 is 19.1 Å². The number of likely N-dealkylation sites (tertiary alicyclic amines) is 1. The minimum Gasteiger partial charge on any atom is -0.480 e. The van der Waals surface area contributed by atoms with Crippen molar-refractivity contribution in [1.29, 1.82) is 0 Å². The predicted octanol–water partition coefficient (Wildman–Crippen LogP) is 3.19. The topological polar surface area (TPSA) is 83.6 Å². The van der Waals surface area contributed by atoms with Gasteiger partial charge in [0.05, 0.1) is 17.0 Å². The molecule has 1 N–H and O–H groups in total. The quantitative estimate of drug-likeness (QED) is 0.905. The first-order valence-electron chi connectivity index (χ1n) is 8.65. The smallest absolute Gasteiger partial charge is 0.326 e. The summed E-state index contributed by atoms with van der Waals surface area (Å²) in [5, 5.41) is 11.5. The number of carboxylic acid groups (broad SMARTS) is 1. The summed E-state index contributed by atoms with van der Waals surface area (Å²) in [5.41, 5.74) is 0.553.